The lowest BCUT2D eigenvalue weighted by Gasteiger charge is -2.27. The Morgan fingerprint density at radius 1 is 1.06 bits per heavy atom. The smallest absolute Gasteiger partial charge is 0.416 e. The molecule has 2 amide bonds. The van der Waals surface area contributed by atoms with Gasteiger partial charge in [-0.3, -0.25) is 4.90 Å². The molecular formula is C26H31F3N2O5. The molecule has 1 N–H and O–H groups in total. The van der Waals surface area contributed by atoms with E-state index in [1.54, 1.807) is 20.8 Å². The Morgan fingerprint density at radius 3 is 2.17 bits per heavy atom. The van der Waals surface area contributed by atoms with Crippen molar-refractivity contribution in [1.29, 1.82) is 0 Å². The number of amides is 2. The van der Waals surface area contributed by atoms with Crippen molar-refractivity contribution in [3.8, 4) is 5.75 Å². The highest BCUT2D eigenvalue weighted by atomic mass is 19.4. The Hall–Kier alpha value is -3.27. The zero-order valence-electron chi connectivity index (χ0n) is 21.0. The van der Waals surface area contributed by atoms with Crippen LogP contribution in [0.4, 0.5) is 18.0 Å². The van der Waals surface area contributed by atoms with Gasteiger partial charge in [-0.1, -0.05) is 24.3 Å². The van der Waals surface area contributed by atoms with Crippen LogP contribution in [-0.4, -0.2) is 51.9 Å². The minimum atomic E-state index is -4.43. The summed E-state index contributed by atoms with van der Waals surface area (Å²) in [5.41, 5.74) is 0.852. The second-order valence-electron chi connectivity index (χ2n) is 9.36. The van der Waals surface area contributed by atoms with Gasteiger partial charge < -0.3 is 19.5 Å². The molecule has 1 atom stereocenters. The summed E-state index contributed by atoms with van der Waals surface area (Å²) < 4.78 is 49.4. The Kier molecular flexibility index (Phi) is 7.88. The lowest BCUT2D eigenvalue weighted by atomic mass is 10.0. The molecule has 0 spiro atoms. The highest BCUT2D eigenvalue weighted by molar-refractivity contribution is 5.79. The number of hydrogen-bond acceptors (Lipinski definition) is 5. The van der Waals surface area contributed by atoms with Crippen molar-refractivity contribution < 1.29 is 37.3 Å². The Bertz CT molecular complexity index is 1090. The molecule has 1 unspecified atom stereocenters. The number of aliphatic hydroxyl groups is 1. The molecule has 0 saturated carbocycles. The van der Waals surface area contributed by atoms with Crippen LogP contribution in [0.3, 0.4) is 0 Å². The maximum atomic E-state index is 12.9. The molecule has 0 bridgehead atoms. The molecule has 1 fully saturated rings. The third kappa shape index (κ3) is 6.10. The van der Waals surface area contributed by atoms with Crippen LogP contribution in [0.15, 0.2) is 36.4 Å². The highest BCUT2D eigenvalue weighted by Gasteiger charge is 2.37. The van der Waals surface area contributed by atoms with E-state index >= 15 is 0 Å². The number of urea groups is 1. The summed E-state index contributed by atoms with van der Waals surface area (Å²) in [6.45, 7) is 9.11. The predicted octanol–water partition coefficient (Wildman–Crippen LogP) is 4.80. The van der Waals surface area contributed by atoms with Gasteiger partial charge in [0, 0.05) is 6.54 Å². The van der Waals surface area contributed by atoms with E-state index in [4.69, 9.17) is 9.47 Å². The van der Waals surface area contributed by atoms with Gasteiger partial charge >= 0.3 is 18.2 Å². The summed E-state index contributed by atoms with van der Waals surface area (Å²) in [4.78, 5) is 27.9. The summed E-state index contributed by atoms with van der Waals surface area (Å²) in [6.07, 6.45) is -5.49. The molecule has 1 heterocycles. The first-order chi connectivity index (χ1) is 16.7. The van der Waals surface area contributed by atoms with Gasteiger partial charge in [0.2, 0.25) is 0 Å². The average Bonchev–Trinajstić information content (AvgIpc) is 3.03. The monoisotopic (exact) mass is 508 g/mol. The summed E-state index contributed by atoms with van der Waals surface area (Å²) >= 11 is 0. The Morgan fingerprint density at radius 2 is 1.64 bits per heavy atom. The Labute approximate surface area is 208 Å². The third-order valence-electron chi connectivity index (χ3n) is 5.91. The first kappa shape index (κ1) is 27.3. The molecule has 0 radical (unpaired) electrons. The molecule has 2 aromatic carbocycles. The van der Waals surface area contributed by atoms with Crippen LogP contribution < -0.4 is 4.74 Å². The van der Waals surface area contributed by atoms with Crippen LogP contribution in [0.5, 0.6) is 5.75 Å². The van der Waals surface area contributed by atoms with Crippen molar-refractivity contribution >= 4 is 12.0 Å². The van der Waals surface area contributed by atoms with Crippen LogP contribution in [0, 0.1) is 13.8 Å². The predicted molar refractivity (Wildman–Crippen MR) is 126 cm³/mol. The summed E-state index contributed by atoms with van der Waals surface area (Å²) in [6, 6.07) is 7.83. The van der Waals surface area contributed by atoms with Gasteiger partial charge in [-0.25, -0.2) is 9.59 Å². The number of β-amino-alcohol motifs (C(OH)–C–C–N with tert-alkyl or cyclic N) is 1. The lowest BCUT2D eigenvalue weighted by molar-refractivity contribution is -0.158. The van der Waals surface area contributed by atoms with Crippen LogP contribution in [0.1, 0.15) is 48.6 Å². The van der Waals surface area contributed by atoms with Crippen molar-refractivity contribution in [3.63, 3.8) is 0 Å². The molecule has 196 valence electrons. The largest absolute Gasteiger partial charge is 0.476 e. The first-order valence-corrected chi connectivity index (χ1v) is 11.6. The van der Waals surface area contributed by atoms with Crippen molar-refractivity contribution in [1.82, 2.24) is 9.80 Å². The number of esters is 1. The quantitative estimate of drug-likeness (QED) is 0.519. The van der Waals surface area contributed by atoms with Gasteiger partial charge in [0.15, 0.2) is 5.60 Å². The number of rotatable bonds is 8. The average molecular weight is 509 g/mol. The number of carbonyl (C=O) groups excluding carboxylic acids is 2. The van der Waals surface area contributed by atoms with Gasteiger partial charge in [0.05, 0.1) is 25.3 Å². The number of carbonyl (C=O) groups is 2. The second kappa shape index (κ2) is 10.4. The normalized spacial score (nSPS) is 16.5. The number of alkyl halides is 3. The number of nitrogens with zero attached hydrogens (tertiary/aromatic N) is 2. The van der Waals surface area contributed by atoms with Crippen molar-refractivity contribution in [2.45, 2.75) is 65.7 Å². The molecule has 1 saturated heterocycles. The standard InChI is InChI=1S/C26H31F3N2O5/c1-6-35-23(33)25(4,5)36-22-16(2)11-19(12-17(22)3)14-31-21(32)15-30(24(31)34)13-18-7-9-20(10-8-18)26(27,28)29/h7-12,21,32H,6,13-15H2,1-5H3. The third-order valence-corrected chi connectivity index (χ3v) is 5.91. The zero-order chi connectivity index (χ0) is 26.8. The molecule has 3 rings (SSSR count). The van der Waals surface area contributed by atoms with Crippen LogP contribution in [0.25, 0.3) is 0 Å². The molecule has 1 aliphatic rings. The van der Waals surface area contributed by atoms with Crippen LogP contribution >= 0.6 is 0 Å². The topological polar surface area (TPSA) is 79.3 Å². The molecule has 36 heavy (non-hydrogen) atoms. The molecule has 7 nitrogen and oxygen atoms in total. The number of hydrogen-bond donors (Lipinski definition) is 1. The maximum Gasteiger partial charge on any atom is 0.416 e. The molecule has 10 heteroatoms. The fourth-order valence-corrected chi connectivity index (χ4v) is 4.10. The number of halogens is 3. The highest BCUT2D eigenvalue weighted by Crippen LogP contribution is 2.31. The van der Waals surface area contributed by atoms with E-state index in [9.17, 15) is 27.9 Å². The molecule has 0 aromatic heterocycles. The molecular weight excluding hydrogens is 477 g/mol. The molecule has 2 aromatic rings. The fraction of sp³-hybridized carbons (Fsp3) is 0.462. The van der Waals surface area contributed by atoms with E-state index in [0.717, 1.165) is 28.8 Å². The Balaban J connectivity index is 1.70. The van der Waals surface area contributed by atoms with Gasteiger partial charge in [-0.2, -0.15) is 13.2 Å². The van der Waals surface area contributed by atoms with Gasteiger partial charge in [0.1, 0.15) is 12.0 Å². The number of aryl methyl sites for hydroxylation is 2. The molecule has 1 aliphatic heterocycles. The second-order valence-corrected chi connectivity index (χ2v) is 9.36. The lowest BCUT2D eigenvalue weighted by Crippen LogP contribution is -2.40. The summed E-state index contributed by atoms with van der Waals surface area (Å²) in [7, 11) is 0. The summed E-state index contributed by atoms with van der Waals surface area (Å²) in [5.74, 6) is 0.0563. The number of benzene rings is 2. The van der Waals surface area contributed by atoms with Crippen molar-refractivity contribution in [2.75, 3.05) is 13.2 Å². The number of ether oxygens (including phenoxy) is 2. The van der Waals surface area contributed by atoms with Gasteiger partial charge in [-0.15, -0.1) is 0 Å². The minimum Gasteiger partial charge on any atom is -0.476 e. The van der Waals surface area contributed by atoms with Crippen molar-refractivity contribution in [3.05, 3.63) is 64.2 Å². The maximum absolute atomic E-state index is 12.9. The van der Waals surface area contributed by atoms with E-state index in [-0.39, 0.29) is 26.2 Å². The van der Waals surface area contributed by atoms with E-state index in [1.165, 1.54) is 21.9 Å². The SMILES string of the molecule is CCOC(=O)C(C)(C)Oc1c(C)cc(CN2C(=O)N(Cc3ccc(C(F)(F)F)cc3)CC2O)cc1C. The van der Waals surface area contributed by atoms with Gasteiger partial charge in [-0.05, 0) is 69.0 Å². The minimum absolute atomic E-state index is 0.0345. The van der Waals surface area contributed by atoms with E-state index in [2.05, 4.69) is 0 Å². The van der Waals surface area contributed by atoms with Gasteiger partial charge in [0.25, 0.3) is 0 Å². The van der Waals surface area contributed by atoms with E-state index in [1.807, 2.05) is 26.0 Å². The first-order valence-electron chi connectivity index (χ1n) is 11.6. The van der Waals surface area contributed by atoms with Crippen LogP contribution in [-0.2, 0) is 28.8 Å². The van der Waals surface area contributed by atoms with Crippen LogP contribution in [0.2, 0.25) is 0 Å². The zero-order valence-corrected chi connectivity index (χ0v) is 21.0. The fourth-order valence-electron chi connectivity index (χ4n) is 4.10. The summed E-state index contributed by atoms with van der Waals surface area (Å²) in [5, 5.41) is 10.5. The number of aliphatic hydroxyl groups excluding tert-OH is 1. The van der Waals surface area contributed by atoms with E-state index in [0.29, 0.717) is 11.3 Å². The van der Waals surface area contributed by atoms with E-state index < -0.39 is 35.6 Å². The van der Waals surface area contributed by atoms with Crippen molar-refractivity contribution in [2.24, 2.45) is 0 Å². The molecule has 0 aliphatic carbocycles.